The molecule has 0 atom stereocenters. The van der Waals surface area contributed by atoms with Crippen molar-refractivity contribution in [3.63, 3.8) is 0 Å². The second kappa shape index (κ2) is 7.06. The van der Waals surface area contributed by atoms with Crippen LogP contribution in [0.15, 0.2) is 33.6 Å². The zero-order valence-corrected chi connectivity index (χ0v) is 16.3. The van der Waals surface area contributed by atoms with E-state index in [1.807, 2.05) is 0 Å². The third-order valence-electron chi connectivity index (χ3n) is 2.60. The topological polar surface area (TPSA) is 98.0 Å². The van der Waals surface area contributed by atoms with Gasteiger partial charge in [0.15, 0.2) is 0 Å². The van der Waals surface area contributed by atoms with Crippen LogP contribution in [0.4, 0.5) is 11.6 Å². The number of aromatic nitrogens is 2. The Labute approximate surface area is 154 Å². The van der Waals surface area contributed by atoms with Gasteiger partial charge in [0.25, 0.3) is 10.0 Å². The Hall–Kier alpha value is -0.670. The van der Waals surface area contributed by atoms with E-state index in [0.29, 0.717) is 17.1 Å². The fourth-order valence-corrected chi connectivity index (χ4v) is 2.70. The van der Waals surface area contributed by atoms with Crippen LogP contribution in [0.1, 0.15) is 11.4 Å². The van der Waals surface area contributed by atoms with E-state index in [9.17, 15) is 8.42 Å². The minimum Gasteiger partial charge on any atom is -0.399 e. The van der Waals surface area contributed by atoms with Crippen molar-refractivity contribution in [3.8, 4) is 0 Å². The largest absolute Gasteiger partial charge is 0.399 e. The second-order valence-electron chi connectivity index (χ2n) is 4.21. The van der Waals surface area contributed by atoms with Gasteiger partial charge in [0.2, 0.25) is 5.95 Å². The number of rotatable bonds is 3. The number of halogens is 1. The molecule has 0 amide bonds. The SMILES string of the molecule is Cc1nc(NS(=O)(=O)c2ccc(N)cc2)nc(C)c1Br.[Na]. The summed E-state index contributed by atoms with van der Waals surface area (Å²) in [5.74, 6) is 0.0417. The van der Waals surface area contributed by atoms with Crippen molar-refractivity contribution in [2.24, 2.45) is 0 Å². The van der Waals surface area contributed by atoms with Crippen LogP contribution >= 0.6 is 15.9 Å². The second-order valence-corrected chi connectivity index (χ2v) is 6.68. The van der Waals surface area contributed by atoms with E-state index in [2.05, 4.69) is 30.6 Å². The van der Waals surface area contributed by atoms with Crippen LogP contribution in [-0.2, 0) is 10.0 Å². The van der Waals surface area contributed by atoms with Crippen molar-refractivity contribution in [1.82, 2.24) is 9.97 Å². The molecule has 1 aromatic carbocycles. The van der Waals surface area contributed by atoms with E-state index in [1.54, 1.807) is 13.8 Å². The fraction of sp³-hybridized carbons (Fsp3) is 0.167. The smallest absolute Gasteiger partial charge is 0.264 e. The molecule has 1 aromatic heterocycles. The summed E-state index contributed by atoms with van der Waals surface area (Å²) in [5.41, 5.74) is 7.35. The van der Waals surface area contributed by atoms with Crippen molar-refractivity contribution >= 4 is 67.1 Å². The van der Waals surface area contributed by atoms with Gasteiger partial charge in [-0.15, -0.1) is 0 Å². The average Bonchev–Trinajstić information content (AvgIpc) is 2.36. The number of nitrogens with one attached hydrogen (secondary N) is 1. The van der Waals surface area contributed by atoms with Gasteiger partial charge in [-0.25, -0.2) is 23.1 Å². The van der Waals surface area contributed by atoms with Gasteiger partial charge in [-0.05, 0) is 54.0 Å². The zero-order valence-electron chi connectivity index (χ0n) is 11.9. The molecule has 0 aliphatic rings. The molecule has 0 saturated heterocycles. The molecule has 1 heterocycles. The van der Waals surface area contributed by atoms with Crippen LogP contribution in [0, 0.1) is 13.8 Å². The molecule has 21 heavy (non-hydrogen) atoms. The molecule has 0 unspecified atom stereocenters. The molecule has 2 aromatic rings. The quantitative estimate of drug-likeness (QED) is 0.626. The molecule has 0 saturated carbocycles. The number of nitrogens with two attached hydrogens (primary N) is 1. The predicted octanol–water partition coefficient (Wildman–Crippen LogP) is 1.86. The molecule has 2 rings (SSSR count). The first-order valence-corrected chi connectivity index (χ1v) is 7.96. The summed E-state index contributed by atoms with van der Waals surface area (Å²) >= 11 is 3.33. The molecule has 9 heteroatoms. The number of benzene rings is 1. The molecule has 6 nitrogen and oxygen atoms in total. The van der Waals surface area contributed by atoms with Gasteiger partial charge in [-0.2, -0.15) is 0 Å². The summed E-state index contributed by atoms with van der Waals surface area (Å²) < 4.78 is 27.5. The molecular weight excluding hydrogens is 367 g/mol. The first-order valence-electron chi connectivity index (χ1n) is 5.69. The van der Waals surface area contributed by atoms with Gasteiger partial charge >= 0.3 is 0 Å². The molecule has 0 fully saturated rings. The third kappa shape index (κ3) is 4.40. The number of sulfonamides is 1. The Morgan fingerprint density at radius 3 is 2.05 bits per heavy atom. The standard InChI is InChI=1S/C12H13BrN4O2S.Na/c1-7-11(13)8(2)16-12(15-7)17-20(18,19)10-5-3-9(14)4-6-10;/h3-6H,14H2,1-2H3,(H,15,16,17);. The maximum Gasteiger partial charge on any atom is 0.264 e. The Kier molecular flexibility index (Phi) is 6.18. The van der Waals surface area contributed by atoms with Gasteiger partial charge < -0.3 is 5.73 Å². The molecule has 0 spiro atoms. The van der Waals surface area contributed by atoms with E-state index >= 15 is 0 Å². The van der Waals surface area contributed by atoms with Crippen molar-refractivity contribution in [3.05, 3.63) is 40.1 Å². The zero-order chi connectivity index (χ0) is 14.9. The van der Waals surface area contributed by atoms with E-state index < -0.39 is 10.0 Å². The van der Waals surface area contributed by atoms with Crippen LogP contribution < -0.4 is 10.5 Å². The minimum absolute atomic E-state index is 0. The van der Waals surface area contributed by atoms with Crippen molar-refractivity contribution < 1.29 is 8.42 Å². The molecule has 0 bridgehead atoms. The molecule has 3 N–H and O–H groups in total. The maximum absolute atomic E-state index is 12.2. The number of nitrogen functional groups attached to an aromatic ring is 1. The third-order valence-corrected chi connectivity index (χ3v) is 5.09. The Balaban J connectivity index is 0.00000220. The van der Waals surface area contributed by atoms with Crippen molar-refractivity contribution in [1.29, 1.82) is 0 Å². The molecular formula is C12H13BrN4NaO2S. The summed E-state index contributed by atoms with van der Waals surface area (Å²) in [6, 6.07) is 5.90. The molecule has 0 aliphatic carbocycles. The predicted molar refractivity (Wildman–Crippen MR) is 86.6 cm³/mol. The first-order chi connectivity index (χ1) is 9.29. The minimum atomic E-state index is -3.72. The molecule has 0 aliphatic heterocycles. The summed E-state index contributed by atoms with van der Waals surface area (Å²) in [4.78, 5) is 8.28. The van der Waals surface area contributed by atoms with Crippen molar-refractivity contribution in [2.75, 3.05) is 10.5 Å². The Bertz CT molecular complexity index is 727. The van der Waals surface area contributed by atoms with Crippen LogP contribution in [0.5, 0.6) is 0 Å². The number of hydrogen-bond acceptors (Lipinski definition) is 5. The number of nitrogens with zero attached hydrogens (tertiary/aromatic N) is 2. The van der Waals surface area contributed by atoms with E-state index in [1.165, 1.54) is 24.3 Å². The van der Waals surface area contributed by atoms with E-state index in [-0.39, 0.29) is 40.4 Å². The summed E-state index contributed by atoms with van der Waals surface area (Å²) in [6.45, 7) is 3.53. The number of aryl methyl sites for hydroxylation is 2. The Morgan fingerprint density at radius 2 is 1.57 bits per heavy atom. The van der Waals surface area contributed by atoms with Gasteiger partial charge in [-0.3, -0.25) is 0 Å². The molecule has 107 valence electrons. The summed E-state index contributed by atoms with van der Waals surface area (Å²) in [5, 5.41) is 0. The summed E-state index contributed by atoms with van der Waals surface area (Å²) in [7, 11) is -3.72. The van der Waals surface area contributed by atoms with E-state index in [0.717, 1.165) is 4.47 Å². The monoisotopic (exact) mass is 379 g/mol. The van der Waals surface area contributed by atoms with Gasteiger partial charge in [-0.1, -0.05) is 0 Å². The van der Waals surface area contributed by atoms with Gasteiger partial charge in [0.1, 0.15) is 0 Å². The Morgan fingerprint density at radius 1 is 1.10 bits per heavy atom. The van der Waals surface area contributed by atoms with Crippen molar-refractivity contribution in [2.45, 2.75) is 18.7 Å². The van der Waals surface area contributed by atoms with Crippen LogP contribution in [0.3, 0.4) is 0 Å². The van der Waals surface area contributed by atoms with Gasteiger partial charge in [0.05, 0.1) is 20.8 Å². The number of hydrogen-bond donors (Lipinski definition) is 2. The molecule has 1 radical (unpaired) electrons. The van der Waals surface area contributed by atoms with Crippen LogP contribution in [0.2, 0.25) is 0 Å². The number of anilines is 2. The van der Waals surface area contributed by atoms with E-state index in [4.69, 9.17) is 5.73 Å². The maximum atomic E-state index is 12.2. The summed E-state index contributed by atoms with van der Waals surface area (Å²) in [6.07, 6.45) is 0. The van der Waals surface area contributed by atoms with Crippen LogP contribution in [-0.4, -0.2) is 47.9 Å². The first kappa shape index (κ1) is 18.4. The normalized spacial score (nSPS) is 10.8. The average molecular weight is 380 g/mol. The van der Waals surface area contributed by atoms with Gasteiger partial charge in [0, 0.05) is 35.2 Å². The van der Waals surface area contributed by atoms with Crippen LogP contribution in [0.25, 0.3) is 0 Å². The fourth-order valence-electron chi connectivity index (χ4n) is 1.57.